The van der Waals surface area contributed by atoms with Gasteiger partial charge in [0.1, 0.15) is 11.0 Å². The summed E-state index contributed by atoms with van der Waals surface area (Å²) >= 11 is 5.82. The van der Waals surface area contributed by atoms with Gasteiger partial charge in [-0.3, -0.25) is 0 Å². The molecule has 1 aromatic carbocycles. The van der Waals surface area contributed by atoms with Crippen LogP contribution in [0.4, 0.5) is 17.5 Å². The van der Waals surface area contributed by atoms with Crippen LogP contribution in [-0.2, 0) is 18.0 Å². The Kier molecular flexibility index (Phi) is 2.77. The number of nitrogens with one attached hydrogen (secondary N) is 1. The smallest absolute Gasteiger partial charge is 0.223 e. The van der Waals surface area contributed by atoms with Gasteiger partial charge in [0.15, 0.2) is 0 Å². The Hall–Kier alpha value is -1.85. The molecule has 0 bridgehead atoms. The fourth-order valence-corrected chi connectivity index (χ4v) is 2.09. The number of nitrogens with two attached hydrogens (primary N) is 1. The Labute approximate surface area is 109 Å². The van der Waals surface area contributed by atoms with E-state index in [9.17, 15) is 0 Å². The van der Waals surface area contributed by atoms with E-state index in [-0.39, 0.29) is 5.95 Å². The van der Waals surface area contributed by atoms with E-state index in [1.807, 2.05) is 18.2 Å². The quantitative estimate of drug-likeness (QED) is 0.814. The summed E-state index contributed by atoms with van der Waals surface area (Å²) in [6.07, 6.45) is 0. The minimum absolute atomic E-state index is 0.148. The second-order valence-corrected chi connectivity index (χ2v) is 4.42. The summed E-state index contributed by atoms with van der Waals surface area (Å²) < 4.78 is 5.36. The zero-order valence-electron chi connectivity index (χ0n) is 9.48. The number of hydrogen-bond acceptors (Lipinski definition) is 5. The zero-order valence-corrected chi connectivity index (χ0v) is 10.2. The molecule has 0 amide bonds. The molecule has 3 N–H and O–H groups in total. The molecule has 92 valence electrons. The molecule has 0 unspecified atom stereocenters. The number of hydrogen-bond donors (Lipinski definition) is 2. The highest BCUT2D eigenvalue weighted by Gasteiger charge is 2.11. The second-order valence-electron chi connectivity index (χ2n) is 4.04. The standard InChI is InChI=1S/C12H11ClN4O/c13-10-4-11(17-12(14)16-10)15-9-2-1-7-5-18-6-8(7)3-9/h1-4H,5-6H2,(H3,14,15,16,17). The first kappa shape index (κ1) is 11.3. The number of ether oxygens (including phenoxy) is 1. The van der Waals surface area contributed by atoms with Gasteiger partial charge in [0.2, 0.25) is 5.95 Å². The van der Waals surface area contributed by atoms with Crippen molar-refractivity contribution in [1.82, 2.24) is 9.97 Å². The molecule has 0 saturated carbocycles. The average Bonchev–Trinajstić information content (AvgIpc) is 2.74. The van der Waals surface area contributed by atoms with Gasteiger partial charge in [-0.2, -0.15) is 4.98 Å². The largest absolute Gasteiger partial charge is 0.372 e. The van der Waals surface area contributed by atoms with E-state index in [0.717, 1.165) is 5.69 Å². The van der Waals surface area contributed by atoms with Crippen LogP contribution in [-0.4, -0.2) is 9.97 Å². The van der Waals surface area contributed by atoms with Crippen LogP contribution >= 0.6 is 11.6 Å². The first-order chi connectivity index (χ1) is 8.70. The molecule has 2 heterocycles. The van der Waals surface area contributed by atoms with E-state index < -0.39 is 0 Å². The predicted molar refractivity (Wildman–Crippen MR) is 69.7 cm³/mol. The molecule has 1 aromatic heterocycles. The van der Waals surface area contributed by atoms with Gasteiger partial charge in [-0.25, -0.2) is 4.98 Å². The Balaban J connectivity index is 1.88. The molecule has 0 saturated heterocycles. The van der Waals surface area contributed by atoms with Gasteiger partial charge in [-0.1, -0.05) is 17.7 Å². The van der Waals surface area contributed by atoms with Gasteiger partial charge in [-0.05, 0) is 23.3 Å². The normalized spacial score (nSPS) is 13.4. The molecule has 6 heteroatoms. The van der Waals surface area contributed by atoms with Crippen LogP contribution in [0.2, 0.25) is 5.15 Å². The lowest BCUT2D eigenvalue weighted by Gasteiger charge is -2.07. The van der Waals surface area contributed by atoms with Gasteiger partial charge in [0, 0.05) is 11.8 Å². The first-order valence-corrected chi connectivity index (χ1v) is 5.85. The number of anilines is 3. The maximum Gasteiger partial charge on any atom is 0.223 e. The summed E-state index contributed by atoms with van der Waals surface area (Å²) in [5.74, 6) is 0.723. The Morgan fingerprint density at radius 2 is 2.00 bits per heavy atom. The molecular weight excluding hydrogens is 252 g/mol. The molecule has 0 fully saturated rings. The maximum absolute atomic E-state index is 5.82. The molecular formula is C12H11ClN4O. The lowest BCUT2D eigenvalue weighted by Crippen LogP contribution is -2.00. The lowest BCUT2D eigenvalue weighted by atomic mass is 10.1. The summed E-state index contributed by atoms with van der Waals surface area (Å²) in [6.45, 7) is 1.33. The molecule has 5 nitrogen and oxygen atoms in total. The molecule has 0 radical (unpaired) electrons. The van der Waals surface area contributed by atoms with Crippen molar-refractivity contribution in [2.24, 2.45) is 0 Å². The van der Waals surface area contributed by atoms with Crippen molar-refractivity contribution in [3.05, 3.63) is 40.5 Å². The average molecular weight is 263 g/mol. The fraction of sp³-hybridized carbons (Fsp3) is 0.167. The van der Waals surface area contributed by atoms with E-state index >= 15 is 0 Å². The predicted octanol–water partition coefficient (Wildman–Crippen LogP) is 2.49. The van der Waals surface area contributed by atoms with Crippen molar-refractivity contribution in [3.63, 3.8) is 0 Å². The third-order valence-electron chi connectivity index (χ3n) is 2.71. The van der Waals surface area contributed by atoms with Crippen molar-refractivity contribution < 1.29 is 4.74 Å². The molecule has 0 aliphatic carbocycles. The van der Waals surface area contributed by atoms with E-state index in [1.165, 1.54) is 11.1 Å². The van der Waals surface area contributed by atoms with Gasteiger partial charge in [0.05, 0.1) is 13.2 Å². The summed E-state index contributed by atoms with van der Waals surface area (Å²) in [5.41, 5.74) is 8.87. The Morgan fingerprint density at radius 3 is 2.83 bits per heavy atom. The van der Waals surface area contributed by atoms with Crippen molar-refractivity contribution in [1.29, 1.82) is 0 Å². The highest BCUT2D eigenvalue weighted by atomic mass is 35.5. The van der Waals surface area contributed by atoms with Crippen LogP contribution in [0.25, 0.3) is 0 Å². The monoisotopic (exact) mass is 262 g/mol. The molecule has 2 aromatic rings. The van der Waals surface area contributed by atoms with Crippen molar-refractivity contribution >= 4 is 29.1 Å². The number of fused-ring (bicyclic) bond motifs is 1. The SMILES string of the molecule is Nc1nc(Cl)cc(Nc2ccc3c(c2)COC3)n1. The summed E-state index contributed by atoms with van der Waals surface area (Å²) in [4.78, 5) is 7.87. The number of halogens is 1. The highest BCUT2D eigenvalue weighted by molar-refractivity contribution is 6.29. The maximum atomic E-state index is 5.82. The summed E-state index contributed by atoms with van der Waals surface area (Å²) in [7, 11) is 0. The van der Waals surface area contributed by atoms with Crippen molar-refractivity contribution in [2.45, 2.75) is 13.2 Å². The van der Waals surface area contributed by atoms with E-state index in [2.05, 4.69) is 15.3 Å². The van der Waals surface area contributed by atoms with Crippen LogP contribution in [0.3, 0.4) is 0 Å². The van der Waals surface area contributed by atoms with Crippen molar-refractivity contribution in [2.75, 3.05) is 11.1 Å². The van der Waals surface area contributed by atoms with Crippen LogP contribution in [0.1, 0.15) is 11.1 Å². The third-order valence-corrected chi connectivity index (χ3v) is 2.90. The van der Waals surface area contributed by atoms with Crippen LogP contribution in [0, 0.1) is 0 Å². The van der Waals surface area contributed by atoms with Gasteiger partial charge in [0.25, 0.3) is 0 Å². The molecule has 0 atom stereocenters. The third kappa shape index (κ3) is 2.23. The summed E-state index contributed by atoms with van der Waals surface area (Å²) in [6, 6.07) is 7.67. The van der Waals surface area contributed by atoms with E-state index in [1.54, 1.807) is 6.07 Å². The fourth-order valence-electron chi connectivity index (χ4n) is 1.90. The molecule has 18 heavy (non-hydrogen) atoms. The Bertz CT molecular complexity index is 582. The van der Waals surface area contributed by atoms with E-state index in [0.29, 0.717) is 24.2 Å². The number of aromatic nitrogens is 2. The number of benzene rings is 1. The Morgan fingerprint density at radius 1 is 1.17 bits per heavy atom. The van der Waals surface area contributed by atoms with Crippen LogP contribution in [0.15, 0.2) is 24.3 Å². The molecule has 3 rings (SSSR count). The number of nitrogen functional groups attached to an aromatic ring is 1. The molecule has 1 aliphatic heterocycles. The first-order valence-electron chi connectivity index (χ1n) is 5.47. The number of nitrogens with zero attached hydrogens (tertiary/aromatic N) is 2. The van der Waals surface area contributed by atoms with Gasteiger partial charge >= 0.3 is 0 Å². The molecule has 1 aliphatic rings. The second kappa shape index (κ2) is 4.44. The lowest BCUT2D eigenvalue weighted by molar-refractivity contribution is 0.134. The van der Waals surface area contributed by atoms with E-state index in [4.69, 9.17) is 22.1 Å². The minimum atomic E-state index is 0.148. The van der Waals surface area contributed by atoms with Crippen LogP contribution in [0.5, 0.6) is 0 Å². The minimum Gasteiger partial charge on any atom is -0.372 e. The molecule has 0 spiro atoms. The van der Waals surface area contributed by atoms with Gasteiger partial charge in [-0.15, -0.1) is 0 Å². The zero-order chi connectivity index (χ0) is 12.5. The van der Waals surface area contributed by atoms with Gasteiger partial charge < -0.3 is 15.8 Å². The van der Waals surface area contributed by atoms with Crippen LogP contribution < -0.4 is 11.1 Å². The van der Waals surface area contributed by atoms with Crippen molar-refractivity contribution in [3.8, 4) is 0 Å². The highest BCUT2D eigenvalue weighted by Crippen LogP contribution is 2.25. The topological polar surface area (TPSA) is 73.1 Å². The summed E-state index contributed by atoms with van der Waals surface area (Å²) in [5, 5.41) is 3.46. The number of rotatable bonds is 2.